The first-order valence-corrected chi connectivity index (χ1v) is 6.48. The summed E-state index contributed by atoms with van der Waals surface area (Å²) in [7, 11) is 0. The van der Waals surface area contributed by atoms with Crippen molar-refractivity contribution in [2.45, 2.75) is 46.2 Å². The summed E-state index contributed by atoms with van der Waals surface area (Å²) in [4.78, 5) is 0. The summed E-state index contributed by atoms with van der Waals surface area (Å²) >= 11 is 0. The molecule has 0 saturated carbocycles. The van der Waals surface area contributed by atoms with E-state index in [4.69, 9.17) is 0 Å². The highest BCUT2D eigenvalue weighted by Gasteiger charge is 2.10. The fourth-order valence-corrected chi connectivity index (χ4v) is 1.98. The van der Waals surface area contributed by atoms with Crippen LogP contribution in [-0.4, -0.2) is 26.0 Å². The van der Waals surface area contributed by atoms with Crippen LogP contribution in [0.25, 0.3) is 0 Å². The maximum Gasteiger partial charge on any atom is 0.151 e. The molecule has 0 aromatic carbocycles. The Balaban J connectivity index is 1.86. The van der Waals surface area contributed by atoms with Crippen molar-refractivity contribution in [1.82, 2.24) is 20.0 Å². The Morgan fingerprint density at radius 2 is 2.33 bits per heavy atom. The van der Waals surface area contributed by atoms with Gasteiger partial charge in [0.05, 0.1) is 0 Å². The van der Waals surface area contributed by atoms with Crippen LogP contribution in [0.4, 0.5) is 5.82 Å². The molecule has 2 aromatic heterocycles. The molecule has 0 spiro atoms. The molecule has 2 rings (SSSR count). The summed E-state index contributed by atoms with van der Waals surface area (Å²) in [5.74, 6) is 0.972. The minimum atomic E-state index is 0.376. The van der Waals surface area contributed by atoms with Crippen molar-refractivity contribution in [2.75, 3.05) is 5.32 Å². The number of hydrogen-bond acceptors (Lipinski definition) is 3. The maximum atomic E-state index is 4.31. The number of hydrogen-bond donors (Lipinski definition) is 2. The van der Waals surface area contributed by atoms with E-state index in [9.17, 15) is 0 Å². The number of aryl methyl sites for hydroxylation is 2. The van der Waals surface area contributed by atoms with E-state index in [1.807, 2.05) is 23.1 Å². The van der Waals surface area contributed by atoms with Gasteiger partial charge in [0.25, 0.3) is 0 Å². The second-order valence-corrected chi connectivity index (χ2v) is 4.63. The predicted molar refractivity (Wildman–Crippen MR) is 72.6 cm³/mol. The number of nitrogens with one attached hydrogen (secondary N) is 2. The second-order valence-electron chi connectivity index (χ2n) is 4.63. The third kappa shape index (κ3) is 2.91. The van der Waals surface area contributed by atoms with Crippen molar-refractivity contribution in [3.05, 3.63) is 29.7 Å². The van der Waals surface area contributed by atoms with Crippen LogP contribution >= 0.6 is 0 Å². The second kappa shape index (κ2) is 5.71. The third-order valence-electron chi connectivity index (χ3n) is 3.20. The fraction of sp³-hybridized carbons (Fsp3) is 0.538. The minimum absolute atomic E-state index is 0.376. The van der Waals surface area contributed by atoms with Gasteiger partial charge in [0.1, 0.15) is 0 Å². The Bertz CT molecular complexity index is 472. The van der Waals surface area contributed by atoms with Gasteiger partial charge in [-0.05, 0) is 32.8 Å². The van der Waals surface area contributed by atoms with E-state index in [0.717, 1.165) is 25.2 Å². The monoisotopic (exact) mass is 247 g/mol. The van der Waals surface area contributed by atoms with E-state index in [1.54, 1.807) is 0 Å². The largest absolute Gasteiger partial charge is 0.366 e. The normalized spacial score (nSPS) is 12.6. The highest BCUT2D eigenvalue weighted by atomic mass is 15.3. The van der Waals surface area contributed by atoms with Crippen molar-refractivity contribution in [2.24, 2.45) is 0 Å². The van der Waals surface area contributed by atoms with Gasteiger partial charge in [-0.25, -0.2) is 0 Å². The lowest BCUT2D eigenvalue weighted by molar-refractivity contribution is 0.545. The van der Waals surface area contributed by atoms with Gasteiger partial charge in [0.2, 0.25) is 0 Å². The molecule has 0 fully saturated rings. The third-order valence-corrected chi connectivity index (χ3v) is 3.20. The Morgan fingerprint density at radius 3 is 2.94 bits per heavy atom. The van der Waals surface area contributed by atoms with E-state index >= 15 is 0 Å². The molecule has 0 saturated heterocycles. The van der Waals surface area contributed by atoms with Crippen molar-refractivity contribution in [3.63, 3.8) is 0 Å². The molecule has 1 atom stereocenters. The molecule has 0 aliphatic carbocycles. The number of rotatable bonds is 6. The van der Waals surface area contributed by atoms with Gasteiger partial charge in [0, 0.05) is 36.2 Å². The molecule has 0 amide bonds. The van der Waals surface area contributed by atoms with Gasteiger partial charge in [-0.2, -0.15) is 10.2 Å². The molecule has 0 radical (unpaired) electrons. The van der Waals surface area contributed by atoms with Crippen LogP contribution in [0.2, 0.25) is 0 Å². The zero-order valence-corrected chi connectivity index (χ0v) is 11.3. The van der Waals surface area contributed by atoms with Gasteiger partial charge >= 0.3 is 0 Å². The molecule has 18 heavy (non-hydrogen) atoms. The Kier molecular flexibility index (Phi) is 4.02. The number of anilines is 1. The first kappa shape index (κ1) is 12.7. The van der Waals surface area contributed by atoms with Crippen LogP contribution in [-0.2, 0) is 13.0 Å². The number of nitrogens with zero attached hydrogens (tertiary/aromatic N) is 3. The van der Waals surface area contributed by atoms with Crippen LogP contribution in [0.5, 0.6) is 0 Å². The van der Waals surface area contributed by atoms with Gasteiger partial charge in [-0.15, -0.1) is 0 Å². The van der Waals surface area contributed by atoms with Crippen LogP contribution in [0.1, 0.15) is 31.5 Å². The number of aromatic amines is 1. The average Bonchev–Trinajstić information content (AvgIpc) is 2.98. The molecular formula is C13H21N5. The van der Waals surface area contributed by atoms with Crippen molar-refractivity contribution in [3.8, 4) is 0 Å². The number of H-pyrrole nitrogens is 1. The lowest BCUT2D eigenvalue weighted by Crippen LogP contribution is -2.18. The van der Waals surface area contributed by atoms with E-state index in [2.05, 4.69) is 41.4 Å². The Hall–Kier alpha value is -1.78. The number of aromatic nitrogens is 4. The zero-order chi connectivity index (χ0) is 13.0. The summed E-state index contributed by atoms with van der Waals surface area (Å²) in [6.07, 6.45) is 5.81. The standard InChI is InChI=1S/C13H21N5/c1-4-12-11(3)13(17-16-12)15-10(2)6-9-18-8-5-7-14-18/h5,7-8,10H,4,6,9H2,1-3H3,(H2,15,16,17)/t10-/m1/s1. The van der Waals surface area contributed by atoms with E-state index in [0.29, 0.717) is 6.04 Å². The van der Waals surface area contributed by atoms with Crippen LogP contribution in [0, 0.1) is 6.92 Å². The van der Waals surface area contributed by atoms with Gasteiger partial charge in [-0.3, -0.25) is 9.78 Å². The molecule has 5 heteroatoms. The summed E-state index contributed by atoms with van der Waals surface area (Å²) in [6.45, 7) is 7.32. The summed E-state index contributed by atoms with van der Waals surface area (Å²) < 4.78 is 1.95. The topological polar surface area (TPSA) is 58.5 Å². The average molecular weight is 247 g/mol. The zero-order valence-electron chi connectivity index (χ0n) is 11.3. The van der Waals surface area contributed by atoms with Gasteiger partial charge in [0.15, 0.2) is 5.82 Å². The Morgan fingerprint density at radius 1 is 1.50 bits per heavy atom. The molecule has 2 aromatic rings. The lowest BCUT2D eigenvalue weighted by Gasteiger charge is -2.13. The van der Waals surface area contributed by atoms with Crippen LogP contribution in [0.3, 0.4) is 0 Å². The van der Waals surface area contributed by atoms with Crippen LogP contribution < -0.4 is 5.32 Å². The SMILES string of the molecule is CCc1[nH]nc(N[C@H](C)CCn2cccn2)c1C. The van der Waals surface area contributed by atoms with Crippen molar-refractivity contribution < 1.29 is 0 Å². The summed E-state index contributed by atoms with van der Waals surface area (Å²) in [5.41, 5.74) is 2.43. The first-order valence-electron chi connectivity index (χ1n) is 6.48. The van der Waals surface area contributed by atoms with Crippen molar-refractivity contribution in [1.29, 1.82) is 0 Å². The van der Waals surface area contributed by atoms with E-state index in [1.165, 1.54) is 11.3 Å². The molecular weight excluding hydrogens is 226 g/mol. The summed E-state index contributed by atoms with van der Waals surface area (Å²) in [5, 5.41) is 15.0. The quantitative estimate of drug-likeness (QED) is 0.824. The smallest absolute Gasteiger partial charge is 0.151 e. The molecule has 5 nitrogen and oxygen atoms in total. The molecule has 0 unspecified atom stereocenters. The Labute approximate surface area is 108 Å². The molecule has 2 heterocycles. The molecule has 98 valence electrons. The highest BCUT2D eigenvalue weighted by Crippen LogP contribution is 2.16. The summed E-state index contributed by atoms with van der Waals surface area (Å²) in [6, 6.07) is 2.32. The molecule has 0 aliphatic rings. The van der Waals surface area contributed by atoms with Crippen LogP contribution in [0.15, 0.2) is 18.5 Å². The van der Waals surface area contributed by atoms with E-state index in [-0.39, 0.29) is 0 Å². The molecule has 0 bridgehead atoms. The maximum absolute atomic E-state index is 4.31. The fourth-order valence-electron chi connectivity index (χ4n) is 1.98. The van der Waals surface area contributed by atoms with Gasteiger partial charge < -0.3 is 5.32 Å². The predicted octanol–water partition coefficient (Wildman–Crippen LogP) is 2.37. The van der Waals surface area contributed by atoms with E-state index < -0.39 is 0 Å². The molecule has 0 aliphatic heterocycles. The van der Waals surface area contributed by atoms with Crippen molar-refractivity contribution >= 4 is 5.82 Å². The highest BCUT2D eigenvalue weighted by molar-refractivity contribution is 5.46. The van der Waals surface area contributed by atoms with Gasteiger partial charge in [-0.1, -0.05) is 6.92 Å². The lowest BCUT2D eigenvalue weighted by atomic mass is 10.2. The first-order chi connectivity index (χ1) is 8.70. The minimum Gasteiger partial charge on any atom is -0.366 e. The molecule has 2 N–H and O–H groups in total.